The molecule has 27 heavy (non-hydrogen) atoms. The summed E-state index contributed by atoms with van der Waals surface area (Å²) in [5.41, 5.74) is 0.693. The lowest BCUT2D eigenvalue weighted by Gasteiger charge is -2.19. The largest absolute Gasteiger partial charge is 0.459 e. The number of aromatic nitrogens is 5. The van der Waals surface area contributed by atoms with Crippen LogP contribution < -0.4 is 0 Å². The fourth-order valence-corrected chi connectivity index (χ4v) is 3.26. The molecule has 9 heteroatoms. The van der Waals surface area contributed by atoms with Gasteiger partial charge in [0.1, 0.15) is 5.69 Å². The van der Waals surface area contributed by atoms with Gasteiger partial charge in [-0.05, 0) is 43.7 Å². The molecule has 1 aliphatic rings. The first-order valence-electron chi connectivity index (χ1n) is 8.72. The normalized spacial score (nSPS) is 17.6. The van der Waals surface area contributed by atoms with Gasteiger partial charge >= 0.3 is 0 Å². The van der Waals surface area contributed by atoms with Gasteiger partial charge in [-0.3, -0.25) is 9.88 Å². The summed E-state index contributed by atoms with van der Waals surface area (Å²) in [5, 5.41) is 8.13. The summed E-state index contributed by atoms with van der Waals surface area (Å²) in [6.45, 7) is 1.44. The highest BCUT2D eigenvalue weighted by Gasteiger charge is 2.32. The number of hydrogen-bond acceptors (Lipinski definition) is 9. The zero-order valence-electron chi connectivity index (χ0n) is 14.4. The average Bonchev–Trinajstić information content (AvgIpc) is 3.48. The van der Waals surface area contributed by atoms with Crippen molar-refractivity contribution in [1.29, 1.82) is 0 Å². The molecule has 4 aromatic rings. The van der Waals surface area contributed by atoms with Gasteiger partial charge in [-0.2, -0.15) is 9.97 Å². The highest BCUT2D eigenvalue weighted by molar-refractivity contribution is 5.47. The van der Waals surface area contributed by atoms with Gasteiger partial charge in [0, 0.05) is 6.20 Å². The van der Waals surface area contributed by atoms with Crippen LogP contribution in [0.2, 0.25) is 0 Å². The third kappa shape index (κ3) is 3.13. The Morgan fingerprint density at radius 1 is 1.07 bits per heavy atom. The predicted molar refractivity (Wildman–Crippen MR) is 91.9 cm³/mol. The van der Waals surface area contributed by atoms with Crippen LogP contribution in [0.4, 0.5) is 0 Å². The van der Waals surface area contributed by atoms with E-state index < -0.39 is 0 Å². The van der Waals surface area contributed by atoms with Gasteiger partial charge in [0.15, 0.2) is 11.6 Å². The van der Waals surface area contributed by atoms with E-state index in [2.05, 4.69) is 30.2 Å². The first kappa shape index (κ1) is 15.9. The third-order valence-corrected chi connectivity index (χ3v) is 4.53. The molecule has 136 valence electrons. The summed E-state index contributed by atoms with van der Waals surface area (Å²) in [7, 11) is 0. The molecule has 0 bridgehead atoms. The summed E-state index contributed by atoms with van der Waals surface area (Å²) in [4.78, 5) is 15.4. The van der Waals surface area contributed by atoms with Crippen LogP contribution in [0, 0.1) is 0 Å². The van der Waals surface area contributed by atoms with Gasteiger partial charge in [0.05, 0.1) is 18.8 Å². The zero-order valence-corrected chi connectivity index (χ0v) is 14.4. The zero-order chi connectivity index (χ0) is 18.1. The topological polar surface area (TPSA) is 107 Å². The summed E-state index contributed by atoms with van der Waals surface area (Å²) in [6, 6.07) is 9.20. The molecule has 1 atom stereocenters. The van der Waals surface area contributed by atoms with Crippen molar-refractivity contribution in [2.75, 3.05) is 6.54 Å². The van der Waals surface area contributed by atoms with Crippen molar-refractivity contribution in [3.05, 3.63) is 54.5 Å². The van der Waals surface area contributed by atoms with Gasteiger partial charge in [-0.25, -0.2) is 0 Å². The first-order valence-corrected chi connectivity index (χ1v) is 8.72. The van der Waals surface area contributed by atoms with Crippen molar-refractivity contribution in [3.63, 3.8) is 0 Å². The Morgan fingerprint density at radius 3 is 2.93 bits per heavy atom. The van der Waals surface area contributed by atoms with Crippen LogP contribution in [0.3, 0.4) is 0 Å². The van der Waals surface area contributed by atoms with E-state index in [9.17, 15) is 0 Å². The highest BCUT2D eigenvalue weighted by Crippen LogP contribution is 2.33. The third-order valence-electron chi connectivity index (χ3n) is 4.53. The van der Waals surface area contributed by atoms with E-state index in [1.807, 2.05) is 18.2 Å². The van der Waals surface area contributed by atoms with E-state index in [0.717, 1.165) is 19.4 Å². The van der Waals surface area contributed by atoms with Crippen LogP contribution in [-0.2, 0) is 6.54 Å². The Balaban J connectivity index is 1.33. The number of nitrogens with zero attached hydrogens (tertiary/aromatic N) is 6. The number of pyridine rings is 1. The maximum atomic E-state index is 5.51. The Hall–Kier alpha value is -3.33. The molecule has 5 rings (SSSR count). The van der Waals surface area contributed by atoms with Crippen LogP contribution in [0.25, 0.3) is 23.2 Å². The van der Waals surface area contributed by atoms with Gasteiger partial charge < -0.3 is 13.5 Å². The number of hydrogen-bond donors (Lipinski definition) is 0. The van der Waals surface area contributed by atoms with E-state index in [4.69, 9.17) is 13.5 Å². The molecular formula is C18H16N6O3. The monoisotopic (exact) mass is 364 g/mol. The summed E-state index contributed by atoms with van der Waals surface area (Å²) in [6.07, 6.45) is 5.26. The van der Waals surface area contributed by atoms with E-state index >= 15 is 0 Å². The Morgan fingerprint density at radius 2 is 2.07 bits per heavy atom. The van der Waals surface area contributed by atoms with Crippen molar-refractivity contribution in [2.24, 2.45) is 0 Å². The number of rotatable bonds is 5. The molecule has 4 aromatic heterocycles. The van der Waals surface area contributed by atoms with Gasteiger partial charge in [-0.15, -0.1) is 0 Å². The van der Waals surface area contributed by atoms with Crippen LogP contribution in [0.5, 0.6) is 0 Å². The molecule has 0 amide bonds. The van der Waals surface area contributed by atoms with Crippen molar-refractivity contribution >= 4 is 0 Å². The van der Waals surface area contributed by atoms with Crippen LogP contribution in [0.15, 0.2) is 56.3 Å². The van der Waals surface area contributed by atoms with Crippen LogP contribution >= 0.6 is 0 Å². The highest BCUT2D eigenvalue weighted by atomic mass is 16.5. The number of furan rings is 1. The van der Waals surface area contributed by atoms with Gasteiger partial charge in [-0.1, -0.05) is 16.4 Å². The molecule has 0 saturated carbocycles. The van der Waals surface area contributed by atoms with Gasteiger partial charge in [0.2, 0.25) is 11.7 Å². The predicted octanol–water partition coefficient (Wildman–Crippen LogP) is 3.11. The lowest BCUT2D eigenvalue weighted by atomic mass is 10.2. The second kappa shape index (κ2) is 6.76. The van der Waals surface area contributed by atoms with Crippen LogP contribution in [0.1, 0.15) is 30.6 Å². The minimum Gasteiger partial charge on any atom is -0.459 e. The molecule has 1 saturated heterocycles. The maximum absolute atomic E-state index is 5.51. The fraction of sp³-hybridized carbons (Fsp3) is 0.278. The van der Waals surface area contributed by atoms with Crippen molar-refractivity contribution < 1.29 is 13.5 Å². The Kier molecular flexibility index (Phi) is 3.98. The van der Waals surface area contributed by atoms with E-state index in [-0.39, 0.29) is 6.04 Å². The van der Waals surface area contributed by atoms with E-state index in [0.29, 0.717) is 41.4 Å². The molecule has 1 aliphatic heterocycles. The molecule has 0 spiro atoms. The summed E-state index contributed by atoms with van der Waals surface area (Å²) < 4.78 is 16.1. The molecule has 5 heterocycles. The first-order chi connectivity index (χ1) is 13.4. The van der Waals surface area contributed by atoms with Crippen molar-refractivity contribution in [1.82, 2.24) is 30.2 Å². The van der Waals surface area contributed by atoms with Crippen molar-refractivity contribution in [3.8, 4) is 23.2 Å². The van der Waals surface area contributed by atoms with Gasteiger partial charge in [0.25, 0.3) is 5.89 Å². The second-order valence-electron chi connectivity index (χ2n) is 6.29. The molecule has 9 nitrogen and oxygen atoms in total. The summed E-state index contributed by atoms with van der Waals surface area (Å²) >= 11 is 0. The molecule has 0 radical (unpaired) electrons. The Labute approximate surface area is 154 Å². The minimum atomic E-state index is 0.0283. The molecule has 0 N–H and O–H groups in total. The maximum Gasteiger partial charge on any atom is 0.293 e. The smallest absolute Gasteiger partial charge is 0.293 e. The average molecular weight is 364 g/mol. The lowest BCUT2D eigenvalue weighted by molar-refractivity contribution is 0.195. The minimum absolute atomic E-state index is 0.0283. The standard InChI is InChI=1S/C18H16N6O3/c1-2-8-19-12(5-1)16-21-17(26-23-16)13-6-3-9-24(13)11-15-20-18(27-22-15)14-7-4-10-25-14/h1-2,4-5,7-8,10,13H,3,6,9,11H2. The van der Waals surface area contributed by atoms with E-state index in [1.54, 1.807) is 24.6 Å². The van der Waals surface area contributed by atoms with E-state index in [1.165, 1.54) is 0 Å². The van der Waals surface area contributed by atoms with Crippen molar-refractivity contribution in [2.45, 2.75) is 25.4 Å². The summed E-state index contributed by atoms with van der Waals surface area (Å²) in [5.74, 6) is 2.61. The van der Waals surface area contributed by atoms with Crippen LogP contribution in [-0.4, -0.2) is 36.7 Å². The second-order valence-corrected chi connectivity index (χ2v) is 6.29. The quantitative estimate of drug-likeness (QED) is 0.528. The molecule has 1 fully saturated rings. The molecule has 0 aliphatic carbocycles. The SMILES string of the molecule is c1ccc(-c2noc(C3CCCN3Cc3noc(-c4ccco4)n3)n2)nc1. The lowest BCUT2D eigenvalue weighted by Crippen LogP contribution is -2.23. The Bertz CT molecular complexity index is 1010. The molecule has 1 unspecified atom stereocenters. The molecule has 0 aromatic carbocycles. The fourth-order valence-electron chi connectivity index (χ4n) is 3.26. The number of likely N-dealkylation sites (tertiary alicyclic amines) is 1. The molecular weight excluding hydrogens is 348 g/mol.